The number of carbonyl (C=O) groups is 2. The molecule has 1 aliphatic heterocycles. The lowest BCUT2D eigenvalue weighted by molar-refractivity contribution is -0.128. The quantitative estimate of drug-likeness (QED) is 0.640. The van der Waals surface area contributed by atoms with E-state index in [0.29, 0.717) is 25.0 Å². The van der Waals surface area contributed by atoms with E-state index in [1.807, 2.05) is 26.0 Å². The third-order valence-corrected chi connectivity index (χ3v) is 7.71. The average molecular weight is 494 g/mol. The molecule has 3 aliphatic rings. The lowest BCUT2D eigenvalue weighted by Crippen LogP contribution is -2.37. The summed E-state index contributed by atoms with van der Waals surface area (Å²) >= 11 is 0. The Bertz CT molecular complexity index is 1160. The Hall–Kier alpha value is -2.74. The van der Waals surface area contributed by atoms with Gasteiger partial charge in [0.15, 0.2) is 0 Å². The van der Waals surface area contributed by atoms with Gasteiger partial charge in [0.1, 0.15) is 11.6 Å². The van der Waals surface area contributed by atoms with Gasteiger partial charge >= 0.3 is 0 Å². The summed E-state index contributed by atoms with van der Waals surface area (Å²) in [6.45, 7) is 12.8. The first kappa shape index (κ1) is 24.9. The van der Waals surface area contributed by atoms with Gasteiger partial charge in [-0.05, 0) is 71.9 Å². The highest BCUT2D eigenvalue weighted by Crippen LogP contribution is 2.46. The Labute approximate surface area is 213 Å². The number of hydrogen-bond acceptors (Lipinski definition) is 5. The second-order valence-electron chi connectivity index (χ2n) is 12.0. The van der Waals surface area contributed by atoms with Gasteiger partial charge in [-0.25, -0.2) is 0 Å². The molecule has 36 heavy (non-hydrogen) atoms. The molecule has 3 fully saturated rings. The summed E-state index contributed by atoms with van der Waals surface area (Å²) in [6.07, 6.45) is 4.36. The molecule has 2 aromatic rings. The summed E-state index contributed by atoms with van der Waals surface area (Å²) in [7, 11) is 0. The number of nitrogens with one attached hydrogen (secondary N) is 1. The SMILES string of the molecule is CC(=O)N1C[C@H](C(=O)Nc2ccc(C)cc2C)[C@@H](c2nnc(C3CC(OC(C)(C)C)C3)n2C2CC2)C1. The Morgan fingerprint density at radius 2 is 1.75 bits per heavy atom. The highest BCUT2D eigenvalue weighted by Gasteiger charge is 2.46. The molecule has 1 saturated heterocycles. The number of ether oxygens (including phenoxy) is 1. The van der Waals surface area contributed by atoms with Crippen LogP contribution in [0.25, 0.3) is 0 Å². The van der Waals surface area contributed by atoms with E-state index < -0.39 is 0 Å². The summed E-state index contributed by atoms with van der Waals surface area (Å²) in [5.74, 6) is 1.58. The predicted octanol–water partition coefficient (Wildman–Crippen LogP) is 4.49. The third kappa shape index (κ3) is 5.05. The van der Waals surface area contributed by atoms with Crippen LogP contribution in [0.5, 0.6) is 0 Å². The van der Waals surface area contributed by atoms with Crippen molar-refractivity contribution in [1.82, 2.24) is 19.7 Å². The van der Waals surface area contributed by atoms with E-state index in [0.717, 1.165) is 54.1 Å². The molecule has 8 nitrogen and oxygen atoms in total. The number of aromatic nitrogens is 3. The number of aryl methyl sites for hydroxylation is 2. The van der Waals surface area contributed by atoms with Crippen LogP contribution in [0, 0.1) is 19.8 Å². The number of rotatable bonds is 6. The van der Waals surface area contributed by atoms with Crippen LogP contribution in [0.15, 0.2) is 18.2 Å². The minimum atomic E-state index is -0.373. The molecule has 2 heterocycles. The zero-order valence-corrected chi connectivity index (χ0v) is 22.4. The average Bonchev–Trinajstić information content (AvgIpc) is 3.34. The van der Waals surface area contributed by atoms with Crippen LogP contribution < -0.4 is 5.32 Å². The molecular formula is C28H39N5O3. The number of anilines is 1. The van der Waals surface area contributed by atoms with Gasteiger partial charge in [-0.15, -0.1) is 10.2 Å². The van der Waals surface area contributed by atoms with Crippen LogP contribution in [-0.2, 0) is 14.3 Å². The van der Waals surface area contributed by atoms with Crippen LogP contribution in [0.3, 0.4) is 0 Å². The van der Waals surface area contributed by atoms with E-state index >= 15 is 0 Å². The van der Waals surface area contributed by atoms with Gasteiger partial charge in [0, 0.05) is 37.7 Å². The van der Waals surface area contributed by atoms with Gasteiger partial charge in [0.25, 0.3) is 0 Å². The van der Waals surface area contributed by atoms with E-state index in [9.17, 15) is 9.59 Å². The van der Waals surface area contributed by atoms with Gasteiger partial charge < -0.3 is 19.5 Å². The van der Waals surface area contributed by atoms with E-state index in [-0.39, 0.29) is 35.4 Å². The number of benzene rings is 1. The largest absolute Gasteiger partial charge is 0.373 e. The van der Waals surface area contributed by atoms with Gasteiger partial charge in [-0.3, -0.25) is 9.59 Å². The molecule has 194 valence electrons. The van der Waals surface area contributed by atoms with Crippen molar-refractivity contribution in [2.45, 2.75) is 96.8 Å². The number of nitrogens with zero attached hydrogens (tertiary/aromatic N) is 4. The summed E-state index contributed by atoms with van der Waals surface area (Å²) in [4.78, 5) is 27.7. The number of carbonyl (C=O) groups excluding carboxylic acids is 2. The zero-order valence-electron chi connectivity index (χ0n) is 22.4. The summed E-state index contributed by atoms with van der Waals surface area (Å²) < 4.78 is 8.47. The van der Waals surface area contributed by atoms with Gasteiger partial charge in [0.05, 0.1) is 23.5 Å². The Kier molecular flexibility index (Phi) is 6.43. The molecule has 1 N–H and O–H groups in total. The second-order valence-corrected chi connectivity index (χ2v) is 12.0. The molecular weight excluding hydrogens is 454 g/mol. The van der Waals surface area contributed by atoms with Crippen molar-refractivity contribution in [3.05, 3.63) is 41.0 Å². The van der Waals surface area contributed by atoms with Crippen molar-refractivity contribution in [3.8, 4) is 0 Å². The summed E-state index contributed by atoms with van der Waals surface area (Å²) in [6, 6.07) is 6.41. The molecule has 2 aliphatic carbocycles. The van der Waals surface area contributed by atoms with Gasteiger partial charge in [-0.1, -0.05) is 17.7 Å². The lowest BCUT2D eigenvalue weighted by Gasteiger charge is -2.39. The van der Waals surface area contributed by atoms with Crippen molar-refractivity contribution in [3.63, 3.8) is 0 Å². The molecule has 0 unspecified atom stereocenters. The fourth-order valence-corrected chi connectivity index (χ4v) is 5.69. The highest BCUT2D eigenvalue weighted by atomic mass is 16.5. The van der Waals surface area contributed by atoms with Crippen LogP contribution in [0.1, 0.15) is 94.0 Å². The van der Waals surface area contributed by atoms with Crippen molar-refractivity contribution in [2.24, 2.45) is 5.92 Å². The molecule has 8 heteroatoms. The van der Waals surface area contributed by atoms with Crippen molar-refractivity contribution < 1.29 is 14.3 Å². The Balaban J connectivity index is 1.39. The van der Waals surface area contributed by atoms with Gasteiger partial charge in [0.2, 0.25) is 11.8 Å². The van der Waals surface area contributed by atoms with Crippen LogP contribution in [-0.4, -0.2) is 56.3 Å². The number of amides is 2. The molecule has 2 amide bonds. The third-order valence-electron chi connectivity index (χ3n) is 7.71. The predicted molar refractivity (Wildman–Crippen MR) is 138 cm³/mol. The van der Waals surface area contributed by atoms with E-state index in [1.165, 1.54) is 0 Å². The second kappa shape index (κ2) is 9.29. The molecule has 2 saturated carbocycles. The van der Waals surface area contributed by atoms with E-state index in [2.05, 4.69) is 46.9 Å². The maximum Gasteiger partial charge on any atom is 0.230 e. The molecule has 0 bridgehead atoms. The molecule has 0 spiro atoms. The first-order valence-electron chi connectivity index (χ1n) is 13.3. The lowest BCUT2D eigenvalue weighted by atomic mass is 9.81. The minimum absolute atomic E-state index is 0.0132. The first-order chi connectivity index (χ1) is 17.0. The van der Waals surface area contributed by atoms with Crippen molar-refractivity contribution in [1.29, 1.82) is 0 Å². The van der Waals surface area contributed by atoms with E-state index in [1.54, 1.807) is 11.8 Å². The maximum atomic E-state index is 13.6. The maximum absolute atomic E-state index is 13.6. The van der Waals surface area contributed by atoms with Crippen molar-refractivity contribution in [2.75, 3.05) is 18.4 Å². The highest BCUT2D eigenvalue weighted by molar-refractivity contribution is 5.94. The Morgan fingerprint density at radius 3 is 2.36 bits per heavy atom. The topological polar surface area (TPSA) is 89.3 Å². The molecule has 5 rings (SSSR count). The molecule has 2 atom stereocenters. The van der Waals surface area contributed by atoms with E-state index in [4.69, 9.17) is 4.74 Å². The monoisotopic (exact) mass is 493 g/mol. The summed E-state index contributed by atoms with van der Waals surface area (Å²) in [5.41, 5.74) is 2.85. The first-order valence-corrected chi connectivity index (χ1v) is 13.3. The minimum Gasteiger partial charge on any atom is -0.373 e. The fraction of sp³-hybridized carbons (Fsp3) is 0.643. The standard InChI is InChI=1S/C28H39N5O3/c1-16-7-10-24(17(2)11-16)29-27(35)23-15-32(18(3)34)14-22(23)26-31-30-25(33(26)20-8-9-20)19-12-21(13-19)36-28(4,5)6/h7,10-11,19-23H,8-9,12-15H2,1-6H3,(H,29,35)/t19?,21?,22-,23-/m0/s1. The van der Waals surface area contributed by atoms with Gasteiger partial charge in [-0.2, -0.15) is 0 Å². The van der Waals surface area contributed by atoms with Crippen LogP contribution in [0.4, 0.5) is 5.69 Å². The normalized spacial score (nSPS) is 26.1. The van der Waals surface area contributed by atoms with Crippen molar-refractivity contribution >= 4 is 17.5 Å². The molecule has 1 aromatic carbocycles. The smallest absolute Gasteiger partial charge is 0.230 e. The summed E-state index contributed by atoms with van der Waals surface area (Å²) in [5, 5.41) is 12.5. The van der Waals surface area contributed by atoms with Crippen LogP contribution in [0.2, 0.25) is 0 Å². The molecule has 1 aromatic heterocycles. The fourth-order valence-electron chi connectivity index (χ4n) is 5.69. The number of hydrogen-bond donors (Lipinski definition) is 1. The van der Waals surface area contributed by atoms with Crippen LogP contribution >= 0.6 is 0 Å². The Morgan fingerprint density at radius 1 is 1.06 bits per heavy atom. The zero-order chi connectivity index (χ0) is 25.8. The molecule has 0 radical (unpaired) electrons. The number of likely N-dealkylation sites (tertiary alicyclic amines) is 1.